The predicted octanol–water partition coefficient (Wildman–Crippen LogP) is 5.09. The number of aromatic nitrogens is 1. The summed E-state index contributed by atoms with van der Waals surface area (Å²) in [6.45, 7) is 5.49. The normalized spacial score (nSPS) is 14.2. The number of hydrogen-bond acceptors (Lipinski definition) is 5. The van der Waals surface area contributed by atoms with Gasteiger partial charge in [-0.1, -0.05) is 43.8 Å². The lowest BCUT2D eigenvalue weighted by molar-refractivity contribution is -0.118. The van der Waals surface area contributed by atoms with Gasteiger partial charge in [0.05, 0.1) is 21.4 Å². The van der Waals surface area contributed by atoms with Crippen molar-refractivity contribution >= 4 is 45.9 Å². The summed E-state index contributed by atoms with van der Waals surface area (Å²) in [6.07, 6.45) is 2.03. The molecule has 2 aromatic carbocycles. The van der Waals surface area contributed by atoms with Crippen LogP contribution >= 0.6 is 11.8 Å². The molecule has 1 aliphatic carbocycles. The maximum Gasteiger partial charge on any atom is 0.252 e. The van der Waals surface area contributed by atoms with E-state index < -0.39 is 5.25 Å². The molecule has 7 heteroatoms. The van der Waals surface area contributed by atoms with Crippen molar-refractivity contribution in [2.24, 2.45) is 5.92 Å². The van der Waals surface area contributed by atoms with Crippen molar-refractivity contribution in [2.75, 3.05) is 5.32 Å². The van der Waals surface area contributed by atoms with Gasteiger partial charge in [-0.3, -0.25) is 14.4 Å². The molecule has 2 N–H and O–H groups in total. The van der Waals surface area contributed by atoms with Crippen LogP contribution in [-0.4, -0.2) is 33.9 Å². The zero-order valence-corrected chi connectivity index (χ0v) is 19.7. The molecular weight excluding hydrogens is 434 g/mol. The fourth-order valence-corrected chi connectivity index (χ4v) is 4.31. The summed E-state index contributed by atoms with van der Waals surface area (Å²) in [6, 6.07) is 16.5. The first kappa shape index (κ1) is 23.0. The Hall–Kier alpha value is -3.19. The number of ketones is 1. The molecule has 1 atom stereocenters. The number of hydrogen-bond donors (Lipinski definition) is 2. The lowest BCUT2D eigenvalue weighted by Crippen LogP contribution is -2.25. The van der Waals surface area contributed by atoms with Crippen LogP contribution < -0.4 is 10.6 Å². The first-order chi connectivity index (χ1) is 15.8. The second-order valence-electron chi connectivity index (χ2n) is 8.62. The molecule has 1 saturated carbocycles. The van der Waals surface area contributed by atoms with Gasteiger partial charge in [-0.2, -0.15) is 0 Å². The topological polar surface area (TPSA) is 88.2 Å². The molecule has 0 bridgehead atoms. The molecule has 1 fully saturated rings. The molecule has 0 unspecified atom stereocenters. The third-order valence-corrected chi connectivity index (χ3v) is 6.50. The molecule has 3 aromatic rings. The van der Waals surface area contributed by atoms with E-state index in [1.54, 1.807) is 30.3 Å². The third-order valence-electron chi connectivity index (χ3n) is 5.48. The summed E-state index contributed by atoms with van der Waals surface area (Å²) in [5, 5.41) is 6.91. The number of benzene rings is 2. The standard InChI is InChI=1S/C26H27N3O3S/c1-15(2)25(31)27-18-10-8-17(9-11-18)24(30)16(3)33-23-14-21(26(32)28-19-12-13-19)20-6-4-5-7-22(20)29-23/h4-11,14-16,19H,12-13H2,1-3H3,(H,27,31)(H,28,32)/t16-/m0/s1. The van der Waals surface area contributed by atoms with Crippen LogP contribution in [0.3, 0.4) is 0 Å². The van der Waals surface area contributed by atoms with Gasteiger partial charge in [0.1, 0.15) is 0 Å². The van der Waals surface area contributed by atoms with E-state index in [1.165, 1.54) is 11.8 Å². The fourth-order valence-electron chi connectivity index (χ4n) is 3.36. The van der Waals surface area contributed by atoms with E-state index in [0.717, 1.165) is 23.7 Å². The van der Waals surface area contributed by atoms with E-state index in [0.29, 0.717) is 21.8 Å². The number of carbonyl (C=O) groups excluding carboxylic acids is 3. The minimum atomic E-state index is -0.394. The Balaban J connectivity index is 1.51. The van der Waals surface area contributed by atoms with E-state index in [4.69, 9.17) is 0 Å². The minimum absolute atomic E-state index is 0.0410. The van der Waals surface area contributed by atoms with Gasteiger partial charge in [-0.05, 0) is 56.2 Å². The summed E-state index contributed by atoms with van der Waals surface area (Å²) in [5.74, 6) is -0.327. The third kappa shape index (κ3) is 5.60. The number of fused-ring (bicyclic) bond motifs is 1. The van der Waals surface area contributed by atoms with Gasteiger partial charge >= 0.3 is 0 Å². The summed E-state index contributed by atoms with van der Waals surface area (Å²) < 4.78 is 0. The molecule has 33 heavy (non-hydrogen) atoms. The van der Waals surface area contributed by atoms with Crippen molar-refractivity contribution in [3.8, 4) is 0 Å². The minimum Gasteiger partial charge on any atom is -0.349 e. The van der Waals surface area contributed by atoms with Crippen LogP contribution in [-0.2, 0) is 4.79 Å². The van der Waals surface area contributed by atoms with Crippen LogP contribution in [0.4, 0.5) is 5.69 Å². The molecule has 0 spiro atoms. The van der Waals surface area contributed by atoms with Gasteiger partial charge in [0.15, 0.2) is 5.78 Å². The first-order valence-corrected chi connectivity index (χ1v) is 12.0. The van der Waals surface area contributed by atoms with E-state index in [1.807, 2.05) is 45.0 Å². The van der Waals surface area contributed by atoms with E-state index >= 15 is 0 Å². The van der Waals surface area contributed by atoms with E-state index in [-0.39, 0.29) is 29.6 Å². The molecule has 2 amide bonds. The number of carbonyl (C=O) groups is 3. The Morgan fingerprint density at radius 1 is 1.00 bits per heavy atom. The molecule has 170 valence electrons. The van der Waals surface area contributed by atoms with Gasteiger partial charge in [-0.15, -0.1) is 0 Å². The number of pyridine rings is 1. The number of anilines is 1. The van der Waals surface area contributed by atoms with E-state index in [9.17, 15) is 14.4 Å². The molecule has 1 aliphatic rings. The molecule has 1 aromatic heterocycles. The van der Waals surface area contributed by atoms with Crippen molar-refractivity contribution in [1.82, 2.24) is 10.3 Å². The lowest BCUT2D eigenvalue weighted by Gasteiger charge is -2.13. The van der Waals surface area contributed by atoms with Crippen LogP contribution in [0.15, 0.2) is 59.6 Å². The van der Waals surface area contributed by atoms with Crippen molar-refractivity contribution in [3.05, 3.63) is 65.7 Å². The predicted molar refractivity (Wildman–Crippen MR) is 132 cm³/mol. The van der Waals surface area contributed by atoms with Crippen LogP contribution in [0.25, 0.3) is 10.9 Å². The number of rotatable bonds is 8. The van der Waals surface area contributed by atoms with Crippen LogP contribution in [0, 0.1) is 5.92 Å². The molecule has 6 nitrogen and oxygen atoms in total. The van der Waals surface area contributed by atoms with Crippen molar-refractivity contribution in [2.45, 2.75) is 49.9 Å². The number of para-hydroxylation sites is 1. The van der Waals surface area contributed by atoms with Crippen LogP contribution in [0.5, 0.6) is 0 Å². The Labute approximate surface area is 197 Å². The SMILES string of the molecule is CC(C)C(=O)Nc1ccc(C(=O)[C@H](C)Sc2cc(C(=O)NC3CC3)c3ccccc3n2)cc1. The zero-order valence-electron chi connectivity index (χ0n) is 18.9. The molecular formula is C26H27N3O3S. The smallest absolute Gasteiger partial charge is 0.252 e. The second kappa shape index (κ2) is 9.75. The first-order valence-electron chi connectivity index (χ1n) is 11.1. The Bertz CT molecular complexity index is 1200. The lowest BCUT2D eigenvalue weighted by atomic mass is 10.1. The molecule has 4 rings (SSSR count). The quantitative estimate of drug-likeness (QED) is 0.361. The van der Waals surface area contributed by atoms with Gasteiger partial charge in [0, 0.05) is 28.6 Å². The molecule has 0 radical (unpaired) electrons. The fraction of sp³-hybridized carbons (Fsp3) is 0.308. The zero-order chi connectivity index (χ0) is 23.5. The Morgan fingerprint density at radius 3 is 2.36 bits per heavy atom. The summed E-state index contributed by atoms with van der Waals surface area (Å²) in [5.41, 5.74) is 2.53. The van der Waals surface area contributed by atoms with Crippen molar-refractivity contribution in [1.29, 1.82) is 0 Å². The molecule has 0 saturated heterocycles. The van der Waals surface area contributed by atoms with Gasteiger partial charge in [-0.25, -0.2) is 4.98 Å². The van der Waals surface area contributed by atoms with Gasteiger partial charge in [0.2, 0.25) is 5.91 Å². The Kier molecular flexibility index (Phi) is 6.79. The Morgan fingerprint density at radius 2 is 1.70 bits per heavy atom. The monoisotopic (exact) mass is 461 g/mol. The highest BCUT2D eigenvalue weighted by Gasteiger charge is 2.25. The largest absolute Gasteiger partial charge is 0.349 e. The molecule has 1 heterocycles. The highest BCUT2D eigenvalue weighted by molar-refractivity contribution is 8.00. The number of nitrogens with zero attached hydrogens (tertiary/aromatic N) is 1. The maximum atomic E-state index is 13.0. The van der Waals surface area contributed by atoms with Crippen molar-refractivity contribution < 1.29 is 14.4 Å². The maximum absolute atomic E-state index is 13.0. The number of thioether (sulfide) groups is 1. The average Bonchev–Trinajstić information content (AvgIpc) is 3.62. The van der Waals surface area contributed by atoms with E-state index in [2.05, 4.69) is 15.6 Å². The summed E-state index contributed by atoms with van der Waals surface area (Å²) >= 11 is 1.34. The van der Waals surface area contributed by atoms with Crippen LogP contribution in [0.1, 0.15) is 54.3 Å². The number of Topliss-reactive ketones (excluding diaryl/α,β-unsaturated/α-hetero) is 1. The average molecular weight is 462 g/mol. The number of amides is 2. The summed E-state index contributed by atoms with van der Waals surface area (Å²) in [7, 11) is 0. The molecule has 0 aliphatic heterocycles. The van der Waals surface area contributed by atoms with Gasteiger partial charge in [0.25, 0.3) is 5.91 Å². The highest BCUT2D eigenvalue weighted by Crippen LogP contribution is 2.29. The number of nitrogens with one attached hydrogen (secondary N) is 2. The van der Waals surface area contributed by atoms with Crippen molar-refractivity contribution in [3.63, 3.8) is 0 Å². The summed E-state index contributed by atoms with van der Waals surface area (Å²) in [4.78, 5) is 42.4. The highest BCUT2D eigenvalue weighted by atomic mass is 32.2. The van der Waals surface area contributed by atoms with Gasteiger partial charge < -0.3 is 10.6 Å². The second-order valence-corrected chi connectivity index (χ2v) is 9.98. The van der Waals surface area contributed by atoms with Crippen LogP contribution in [0.2, 0.25) is 0 Å².